The number of anilines is 1. The molecule has 0 aliphatic carbocycles. The zero-order chi connectivity index (χ0) is 12.7. The van der Waals surface area contributed by atoms with Crippen molar-refractivity contribution in [1.82, 2.24) is 5.32 Å². The Morgan fingerprint density at radius 3 is 2.22 bits per heavy atom. The number of carbonyl (C=O) groups is 2. The van der Waals surface area contributed by atoms with Gasteiger partial charge < -0.3 is 5.73 Å². The molecule has 0 radical (unpaired) electrons. The van der Waals surface area contributed by atoms with Crippen LogP contribution in [0.25, 0.3) is 11.1 Å². The summed E-state index contributed by atoms with van der Waals surface area (Å²) in [5.74, 6) is -0.685. The minimum Gasteiger partial charge on any atom is -0.399 e. The highest BCUT2D eigenvalue weighted by Gasteiger charge is 2.29. The van der Waals surface area contributed by atoms with Crippen molar-refractivity contribution in [2.45, 2.75) is 0 Å². The lowest BCUT2D eigenvalue weighted by Gasteiger charge is -2.06. The van der Waals surface area contributed by atoms with Crippen LogP contribution in [-0.4, -0.2) is 11.8 Å². The van der Waals surface area contributed by atoms with Crippen molar-refractivity contribution in [3.05, 3.63) is 53.6 Å². The van der Waals surface area contributed by atoms with E-state index in [1.165, 1.54) is 0 Å². The van der Waals surface area contributed by atoms with Gasteiger partial charge in [-0.1, -0.05) is 24.3 Å². The number of hydrogen-bond acceptors (Lipinski definition) is 3. The standard InChI is InChI=1S/C14H10N2O2/c15-9-6-4-8(5-7-9)10-2-1-3-11-12(10)14(18)16-13(11)17/h1-7H,15H2,(H,16,17,18). The first-order valence-corrected chi connectivity index (χ1v) is 5.51. The van der Waals surface area contributed by atoms with E-state index < -0.39 is 0 Å². The van der Waals surface area contributed by atoms with E-state index in [2.05, 4.69) is 5.32 Å². The maximum Gasteiger partial charge on any atom is 0.259 e. The lowest BCUT2D eigenvalue weighted by molar-refractivity contribution is 0.0880. The Bertz CT molecular complexity index is 660. The fourth-order valence-corrected chi connectivity index (χ4v) is 2.12. The van der Waals surface area contributed by atoms with Crippen LogP contribution in [0.2, 0.25) is 0 Å². The fraction of sp³-hybridized carbons (Fsp3) is 0. The number of benzene rings is 2. The van der Waals surface area contributed by atoms with Gasteiger partial charge in [-0.2, -0.15) is 0 Å². The second-order valence-corrected chi connectivity index (χ2v) is 4.13. The number of nitrogens with one attached hydrogen (secondary N) is 1. The van der Waals surface area contributed by atoms with Gasteiger partial charge in [0, 0.05) is 5.69 Å². The van der Waals surface area contributed by atoms with Crippen molar-refractivity contribution in [3.63, 3.8) is 0 Å². The van der Waals surface area contributed by atoms with E-state index in [1.54, 1.807) is 24.3 Å². The third kappa shape index (κ3) is 1.47. The summed E-state index contributed by atoms with van der Waals surface area (Å²) in [5.41, 5.74) is 8.77. The molecule has 0 saturated carbocycles. The van der Waals surface area contributed by atoms with E-state index in [0.29, 0.717) is 16.8 Å². The number of nitrogen functional groups attached to an aromatic ring is 1. The molecule has 0 saturated heterocycles. The molecular formula is C14H10N2O2. The molecule has 0 spiro atoms. The minimum absolute atomic E-state index is 0.340. The SMILES string of the molecule is Nc1ccc(-c2cccc3c2C(=O)NC3=O)cc1. The van der Waals surface area contributed by atoms with E-state index >= 15 is 0 Å². The number of imide groups is 1. The summed E-state index contributed by atoms with van der Waals surface area (Å²) in [6, 6.07) is 12.4. The number of fused-ring (bicyclic) bond motifs is 1. The van der Waals surface area contributed by atoms with Crippen molar-refractivity contribution >= 4 is 17.5 Å². The van der Waals surface area contributed by atoms with E-state index in [9.17, 15) is 9.59 Å². The van der Waals surface area contributed by atoms with Crippen LogP contribution in [-0.2, 0) is 0 Å². The number of hydrogen-bond donors (Lipinski definition) is 2. The average Bonchev–Trinajstić information content (AvgIpc) is 2.66. The van der Waals surface area contributed by atoms with Gasteiger partial charge in [0.25, 0.3) is 11.8 Å². The van der Waals surface area contributed by atoms with Crippen LogP contribution in [0.5, 0.6) is 0 Å². The van der Waals surface area contributed by atoms with Gasteiger partial charge in [0.2, 0.25) is 0 Å². The topological polar surface area (TPSA) is 72.2 Å². The predicted octanol–water partition coefficient (Wildman–Crippen LogP) is 1.82. The van der Waals surface area contributed by atoms with Gasteiger partial charge >= 0.3 is 0 Å². The van der Waals surface area contributed by atoms with Gasteiger partial charge in [-0.25, -0.2) is 0 Å². The molecule has 1 aliphatic rings. The summed E-state index contributed by atoms with van der Waals surface area (Å²) in [6.07, 6.45) is 0. The number of carbonyl (C=O) groups excluding carboxylic acids is 2. The van der Waals surface area contributed by atoms with E-state index in [1.807, 2.05) is 18.2 Å². The van der Waals surface area contributed by atoms with Crippen molar-refractivity contribution in [2.75, 3.05) is 5.73 Å². The molecule has 2 aromatic carbocycles. The third-order valence-electron chi connectivity index (χ3n) is 2.98. The number of rotatable bonds is 1. The van der Waals surface area contributed by atoms with Crippen LogP contribution in [0, 0.1) is 0 Å². The first-order chi connectivity index (χ1) is 8.66. The average molecular weight is 238 g/mol. The number of amides is 2. The van der Waals surface area contributed by atoms with Crippen LogP contribution in [0.4, 0.5) is 5.69 Å². The molecule has 1 aliphatic heterocycles. The minimum atomic E-state index is -0.345. The largest absolute Gasteiger partial charge is 0.399 e. The summed E-state index contributed by atoms with van der Waals surface area (Å²) < 4.78 is 0. The zero-order valence-electron chi connectivity index (χ0n) is 9.44. The summed E-state index contributed by atoms with van der Waals surface area (Å²) >= 11 is 0. The lowest BCUT2D eigenvalue weighted by atomic mass is 9.96. The van der Waals surface area contributed by atoms with E-state index in [4.69, 9.17) is 5.73 Å². The van der Waals surface area contributed by atoms with Crippen molar-refractivity contribution < 1.29 is 9.59 Å². The molecule has 3 rings (SSSR count). The third-order valence-corrected chi connectivity index (χ3v) is 2.98. The molecule has 0 unspecified atom stereocenters. The van der Waals surface area contributed by atoms with Crippen LogP contribution in [0.15, 0.2) is 42.5 Å². The molecule has 0 atom stereocenters. The van der Waals surface area contributed by atoms with Crippen LogP contribution < -0.4 is 11.1 Å². The van der Waals surface area contributed by atoms with Gasteiger partial charge in [-0.15, -0.1) is 0 Å². The zero-order valence-corrected chi connectivity index (χ0v) is 9.44. The Hall–Kier alpha value is -2.62. The molecule has 2 aromatic rings. The second-order valence-electron chi connectivity index (χ2n) is 4.13. The highest BCUT2D eigenvalue weighted by Crippen LogP contribution is 2.29. The van der Waals surface area contributed by atoms with Crippen LogP contribution >= 0.6 is 0 Å². The van der Waals surface area contributed by atoms with E-state index in [0.717, 1.165) is 11.1 Å². The lowest BCUT2D eigenvalue weighted by Crippen LogP contribution is -2.20. The van der Waals surface area contributed by atoms with E-state index in [-0.39, 0.29) is 11.8 Å². The number of nitrogens with two attached hydrogens (primary N) is 1. The van der Waals surface area contributed by atoms with Gasteiger partial charge in [-0.05, 0) is 29.3 Å². The molecule has 18 heavy (non-hydrogen) atoms. The first kappa shape index (κ1) is 10.5. The predicted molar refractivity (Wildman–Crippen MR) is 68.1 cm³/mol. The van der Waals surface area contributed by atoms with Gasteiger partial charge in [0.05, 0.1) is 11.1 Å². The normalized spacial score (nSPS) is 13.3. The first-order valence-electron chi connectivity index (χ1n) is 5.51. The summed E-state index contributed by atoms with van der Waals surface area (Å²) in [6.45, 7) is 0. The van der Waals surface area contributed by atoms with Gasteiger partial charge in [0.1, 0.15) is 0 Å². The maximum absolute atomic E-state index is 11.8. The van der Waals surface area contributed by atoms with Crippen LogP contribution in [0.3, 0.4) is 0 Å². The molecule has 4 heteroatoms. The Morgan fingerprint density at radius 2 is 1.50 bits per heavy atom. The Balaban J connectivity index is 2.23. The molecule has 0 fully saturated rings. The Morgan fingerprint density at radius 1 is 0.833 bits per heavy atom. The maximum atomic E-state index is 11.8. The highest BCUT2D eigenvalue weighted by molar-refractivity contribution is 6.24. The van der Waals surface area contributed by atoms with Crippen molar-refractivity contribution in [1.29, 1.82) is 0 Å². The molecular weight excluding hydrogens is 228 g/mol. The summed E-state index contributed by atoms with van der Waals surface area (Å²) in [7, 11) is 0. The van der Waals surface area contributed by atoms with Gasteiger partial charge in [0.15, 0.2) is 0 Å². The fourth-order valence-electron chi connectivity index (χ4n) is 2.12. The smallest absolute Gasteiger partial charge is 0.259 e. The molecule has 88 valence electrons. The second kappa shape index (κ2) is 3.70. The molecule has 3 N–H and O–H groups in total. The molecule has 4 nitrogen and oxygen atoms in total. The monoisotopic (exact) mass is 238 g/mol. The summed E-state index contributed by atoms with van der Waals surface area (Å²) in [4.78, 5) is 23.3. The quantitative estimate of drug-likeness (QED) is 0.588. The Labute approximate surface area is 103 Å². The Kier molecular flexibility index (Phi) is 2.16. The molecule has 1 heterocycles. The summed E-state index contributed by atoms with van der Waals surface area (Å²) in [5, 5.41) is 2.30. The van der Waals surface area contributed by atoms with Gasteiger partial charge in [-0.3, -0.25) is 14.9 Å². The molecule has 0 aromatic heterocycles. The van der Waals surface area contributed by atoms with Crippen LogP contribution in [0.1, 0.15) is 20.7 Å². The highest BCUT2D eigenvalue weighted by atomic mass is 16.2. The van der Waals surface area contributed by atoms with Crippen molar-refractivity contribution in [2.24, 2.45) is 0 Å². The van der Waals surface area contributed by atoms with Crippen molar-refractivity contribution in [3.8, 4) is 11.1 Å². The molecule has 2 amide bonds. The molecule has 0 bridgehead atoms.